The van der Waals surface area contributed by atoms with Crippen LogP contribution in [0.3, 0.4) is 0 Å². The molecule has 1 aromatic heterocycles. The van der Waals surface area contributed by atoms with Crippen LogP contribution in [0.5, 0.6) is 0 Å². The van der Waals surface area contributed by atoms with Crippen LogP contribution in [0.25, 0.3) is 0 Å². The Morgan fingerprint density at radius 2 is 2.06 bits per heavy atom. The second-order valence-corrected chi connectivity index (χ2v) is 5.27. The van der Waals surface area contributed by atoms with Gasteiger partial charge in [-0.3, -0.25) is 9.59 Å². The molecular formula is C11H11ClO3S. The summed E-state index contributed by atoms with van der Waals surface area (Å²) in [5, 5.41) is 11.2. The van der Waals surface area contributed by atoms with E-state index in [4.69, 9.17) is 16.7 Å². The quantitative estimate of drug-likeness (QED) is 0.848. The summed E-state index contributed by atoms with van der Waals surface area (Å²) in [5.74, 6) is -1.91. The molecule has 5 heteroatoms. The van der Waals surface area contributed by atoms with E-state index in [0.29, 0.717) is 22.7 Å². The summed E-state index contributed by atoms with van der Waals surface area (Å²) in [6, 6.07) is 1.67. The van der Waals surface area contributed by atoms with Gasteiger partial charge in [-0.1, -0.05) is 18.0 Å². The van der Waals surface area contributed by atoms with Crippen LogP contribution in [0.1, 0.15) is 28.9 Å². The molecule has 1 aliphatic rings. The molecule has 0 radical (unpaired) electrons. The Kier molecular flexibility index (Phi) is 3.30. The number of carbonyl (C=O) groups excluding carboxylic acids is 1. The maximum atomic E-state index is 12.1. The van der Waals surface area contributed by atoms with Crippen molar-refractivity contribution < 1.29 is 14.7 Å². The van der Waals surface area contributed by atoms with Crippen LogP contribution in [0.15, 0.2) is 11.4 Å². The third-order valence-electron chi connectivity index (χ3n) is 3.01. The highest BCUT2D eigenvalue weighted by molar-refractivity contribution is 7.12. The topological polar surface area (TPSA) is 54.4 Å². The molecule has 0 aliphatic heterocycles. The van der Waals surface area contributed by atoms with Gasteiger partial charge in [0, 0.05) is 5.92 Å². The van der Waals surface area contributed by atoms with Gasteiger partial charge in [-0.15, -0.1) is 11.3 Å². The molecule has 1 aliphatic carbocycles. The van der Waals surface area contributed by atoms with Gasteiger partial charge < -0.3 is 5.11 Å². The second-order valence-electron chi connectivity index (χ2n) is 3.94. The number of carbonyl (C=O) groups is 2. The maximum Gasteiger partial charge on any atom is 0.307 e. The van der Waals surface area contributed by atoms with Gasteiger partial charge in [0.2, 0.25) is 0 Å². The van der Waals surface area contributed by atoms with E-state index in [1.165, 1.54) is 11.3 Å². The van der Waals surface area contributed by atoms with Crippen molar-refractivity contribution in [3.63, 3.8) is 0 Å². The zero-order valence-corrected chi connectivity index (χ0v) is 10.1. The lowest BCUT2D eigenvalue weighted by atomic mass is 9.91. The Balaban J connectivity index is 2.22. The molecule has 0 bridgehead atoms. The Morgan fingerprint density at radius 1 is 1.38 bits per heavy atom. The fourth-order valence-electron chi connectivity index (χ4n) is 2.21. The average Bonchev–Trinajstić information content (AvgIpc) is 2.84. The largest absolute Gasteiger partial charge is 0.481 e. The van der Waals surface area contributed by atoms with Crippen LogP contribution < -0.4 is 0 Å². The smallest absolute Gasteiger partial charge is 0.307 e. The molecule has 1 saturated carbocycles. The molecule has 2 atom stereocenters. The van der Waals surface area contributed by atoms with E-state index >= 15 is 0 Å². The summed E-state index contributed by atoms with van der Waals surface area (Å²) >= 11 is 7.17. The lowest BCUT2D eigenvalue weighted by Gasteiger charge is -2.13. The minimum atomic E-state index is -0.872. The maximum absolute atomic E-state index is 12.1. The molecule has 2 unspecified atom stereocenters. The van der Waals surface area contributed by atoms with Gasteiger partial charge >= 0.3 is 5.97 Å². The van der Waals surface area contributed by atoms with Crippen LogP contribution in [0.2, 0.25) is 5.02 Å². The first-order chi connectivity index (χ1) is 7.61. The minimum Gasteiger partial charge on any atom is -0.481 e. The molecule has 0 aromatic carbocycles. The van der Waals surface area contributed by atoms with E-state index in [9.17, 15) is 9.59 Å². The van der Waals surface area contributed by atoms with Gasteiger partial charge in [0.15, 0.2) is 5.78 Å². The van der Waals surface area contributed by atoms with Crippen LogP contribution in [-0.4, -0.2) is 16.9 Å². The Hall–Kier alpha value is -0.870. The van der Waals surface area contributed by atoms with Crippen LogP contribution in [-0.2, 0) is 4.79 Å². The lowest BCUT2D eigenvalue weighted by Crippen LogP contribution is -2.25. The summed E-state index contributed by atoms with van der Waals surface area (Å²) in [5.41, 5.74) is 0. The van der Waals surface area contributed by atoms with Crippen LogP contribution in [0.4, 0.5) is 0 Å². The van der Waals surface area contributed by atoms with Crippen molar-refractivity contribution in [2.45, 2.75) is 19.3 Å². The van der Waals surface area contributed by atoms with Gasteiger partial charge in [-0.05, 0) is 24.3 Å². The molecule has 0 amide bonds. The molecular weight excluding hydrogens is 248 g/mol. The molecule has 2 rings (SSSR count). The molecule has 1 N–H and O–H groups in total. The van der Waals surface area contributed by atoms with Crippen LogP contribution in [0, 0.1) is 11.8 Å². The second kappa shape index (κ2) is 4.55. The van der Waals surface area contributed by atoms with Gasteiger partial charge in [0.1, 0.15) is 0 Å². The standard InChI is InChI=1S/C11H11ClO3S/c12-8-4-5-16-10(8)9(13)6-2-1-3-7(6)11(14)15/h4-7H,1-3H2,(H,14,15). The van der Waals surface area contributed by atoms with E-state index in [0.717, 1.165) is 6.42 Å². The number of halogens is 1. The molecule has 3 nitrogen and oxygen atoms in total. The van der Waals surface area contributed by atoms with E-state index in [1.54, 1.807) is 11.4 Å². The molecule has 86 valence electrons. The number of ketones is 1. The van der Waals surface area contributed by atoms with Gasteiger partial charge in [-0.2, -0.15) is 0 Å². The highest BCUT2D eigenvalue weighted by atomic mass is 35.5. The highest BCUT2D eigenvalue weighted by Gasteiger charge is 2.38. The predicted molar refractivity (Wildman–Crippen MR) is 62.1 cm³/mol. The molecule has 1 aromatic rings. The number of hydrogen-bond acceptors (Lipinski definition) is 3. The Bertz CT molecular complexity index is 427. The highest BCUT2D eigenvalue weighted by Crippen LogP contribution is 2.37. The van der Waals surface area contributed by atoms with Crippen molar-refractivity contribution in [1.82, 2.24) is 0 Å². The minimum absolute atomic E-state index is 0.107. The van der Waals surface area contributed by atoms with Crippen molar-refractivity contribution in [3.05, 3.63) is 21.3 Å². The van der Waals surface area contributed by atoms with E-state index in [-0.39, 0.29) is 5.78 Å². The summed E-state index contributed by atoms with van der Waals surface area (Å²) in [4.78, 5) is 23.6. The van der Waals surface area contributed by atoms with Gasteiger partial charge in [-0.25, -0.2) is 0 Å². The zero-order chi connectivity index (χ0) is 11.7. The Labute approximate surface area is 102 Å². The number of carboxylic acids is 1. The number of Topliss-reactive ketones (excluding diaryl/α,β-unsaturated/α-hetero) is 1. The molecule has 0 saturated heterocycles. The first-order valence-corrected chi connectivity index (χ1v) is 6.37. The number of thiophene rings is 1. The van der Waals surface area contributed by atoms with Crippen LogP contribution >= 0.6 is 22.9 Å². The van der Waals surface area contributed by atoms with E-state index in [1.807, 2.05) is 0 Å². The SMILES string of the molecule is O=C(O)C1CCCC1C(=O)c1sccc1Cl. The third-order valence-corrected chi connectivity index (χ3v) is 4.37. The van der Waals surface area contributed by atoms with Crippen molar-refractivity contribution in [3.8, 4) is 0 Å². The zero-order valence-electron chi connectivity index (χ0n) is 8.48. The first kappa shape index (κ1) is 11.6. The van der Waals surface area contributed by atoms with Gasteiger partial charge in [0.05, 0.1) is 15.8 Å². The fraction of sp³-hybridized carbons (Fsp3) is 0.455. The summed E-state index contributed by atoms with van der Waals surface area (Å²) < 4.78 is 0. The molecule has 1 heterocycles. The summed E-state index contributed by atoms with van der Waals surface area (Å²) in [6.45, 7) is 0. The Morgan fingerprint density at radius 3 is 2.62 bits per heavy atom. The van der Waals surface area contributed by atoms with Gasteiger partial charge in [0.25, 0.3) is 0 Å². The number of aliphatic carboxylic acids is 1. The van der Waals surface area contributed by atoms with E-state index < -0.39 is 17.8 Å². The molecule has 1 fully saturated rings. The normalized spacial score (nSPS) is 24.6. The van der Waals surface area contributed by atoms with E-state index in [2.05, 4.69) is 0 Å². The molecule has 0 spiro atoms. The number of hydrogen-bond donors (Lipinski definition) is 1. The number of rotatable bonds is 3. The summed E-state index contributed by atoms with van der Waals surface area (Å²) in [6.07, 6.45) is 2.05. The monoisotopic (exact) mass is 258 g/mol. The summed E-state index contributed by atoms with van der Waals surface area (Å²) in [7, 11) is 0. The number of carboxylic acid groups (broad SMARTS) is 1. The van der Waals surface area contributed by atoms with Crippen molar-refractivity contribution in [1.29, 1.82) is 0 Å². The first-order valence-electron chi connectivity index (χ1n) is 5.11. The third kappa shape index (κ3) is 1.99. The van der Waals surface area contributed by atoms with Crippen molar-refractivity contribution >= 4 is 34.7 Å². The predicted octanol–water partition coefficient (Wildman–Crippen LogP) is 3.09. The lowest BCUT2D eigenvalue weighted by molar-refractivity contribution is -0.142. The van der Waals surface area contributed by atoms with Crippen molar-refractivity contribution in [2.24, 2.45) is 11.8 Å². The van der Waals surface area contributed by atoms with Crippen molar-refractivity contribution in [2.75, 3.05) is 0 Å². The average molecular weight is 259 g/mol. The molecule has 16 heavy (non-hydrogen) atoms. The fourth-order valence-corrected chi connectivity index (χ4v) is 3.36.